The van der Waals surface area contributed by atoms with E-state index >= 15 is 0 Å². The van der Waals surface area contributed by atoms with Crippen molar-refractivity contribution in [1.29, 1.82) is 0 Å². The standard InChI is InChI=1S/C18H19NO2S/c1-3-15(20)12-9-10-17-14(11-12)19(18(21)4-2)13-7-5-6-8-16(13)22-17/h5-11,14,17H,3-4H2,1-2H3. The minimum atomic E-state index is -0.0807. The van der Waals surface area contributed by atoms with Gasteiger partial charge >= 0.3 is 0 Å². The summed E-state index contributed by atoms with van der Waals surface area (Å²) in [6, 6.07) is 7.91. The van der Waals surface area contributed by atoms with Gasteiger partial charge in [-0.05, 0) is 18.2 Å². The molecule has 0 spiro atoms. The Kier molecular flexibility index (Phi) is 4.21. The van der Waals surface area contributed by atoms with Crippen molar-refractivity contribution in [3.63, 3.8) is 0 Å². The number of rotatable bonds is 3. The molecule has 1 aliphatic heterocycles. The lowest BCUT2D eigenvalue weighted by Crippen LogP contribution is -2.48. The number of thioether (sulfide) groups is 1. The number of anilines is 1. The number of hydrogen-bond acceptors (Lipinski definition) is 3. The van der Waals surface area contributed by atoms with Crippen LogP contribution in [0.3, 0.4) is 0 Å². The van der Waals surface area contributed by atoms with Gasteiger partial charge in [0.15, 0.2) is 5.78 Å². The summed E-state index contributed by atoms with van der Waals surface area (Å²) in [7, 11) is 0. The molecule has 0 radical (unpaired) electrons. The molecule has 0 fully saturated rings. The lowest BCUT2D eigenvalue weighted by atomic mass is 9.96. The zero-order valence-electron chi connectivity index (χ0n) is 12.8. The van der Waals surface area contributed by atoms with E-state index in [4.69, 9.17) is 0 Å². The number of fused-ring (bicyclic) bond motifs is 2. The SMILES string of the molecule is CCC(=O)C1=CC2C(C=C1)Sc1ccccc1N2C(=O)CC. The quantitative estimate of drug-likeness (QED) is 0.853. The summed E-state index contributed by atoms with van der Waals surface area (Å²) in [5.74, 6) is 0.222. The van der Waals surface area contributed by atoms with E-state index in [9.17, 15) is 9.59 Å². The third-order valence-corrected chi connectivity index (χ3v) is 5.36. The first-order valence-corrected chi connectivity index (χ1v) is 8.54. The number of carbonyl (C=O) groups excluding carboxylic acids is 2. The van der Waals surface area contributed by atoms with E-state index < -0.39 is 0 Å². The predicted molar refractivity (Wildman–Crippen MR) is 90.2 cm³/mol. The summed E-state index contributed by atoms with van der Waals surface area (Å²) in [5.41, 5.74) is 1.67. The molecule has 22 heavy (non-hydrogen) atoms. The van der Waals surface area contributed by atoms with Gasteiger partial charge in [-0.15, -0.1) is 11.8 Å². The molecule has 1 aromatic carbocycles. The number of hydrogen-bond donors (Lipinski definition) is 0. The molecule has 3 rings (SSSR count). The Labute approximate surface area is 135 Å². The average Bonchev–Trinajstić information content (AvgIpc) is 2.57. The molecular formula is C18H19NO2S. The van der Waals surface area contributed by atoms with Crippen molar-refractivity contribution in [2.75, 3.05) is 4.90 Å². The first-order chi connectivity index (χ1) is 10.7. The average molecular weight is 313 g/mol. The van der Waals surface area contributed by atoms with E-state index in [2.05, 4.69) is 12.1 Å². The fraction of sp³-hybridized carbons (Fsp3) is 0.333. The highest BCUT2D eigenvalue weighted by Crippen LogP contribution is 2.44. The van der Waals surface area contributed by atoms with Crippen molar-refractivity contribution in [2.45, 2.75) is 42.9 Å². The third-order valence-electron chi connectivity index (χ3n) is 4.05. The summed E-state index contributed by atoms with van der Waals surface area (Å²) in [5, 5.41) is 0.166. The highest BCUT2D eigenvalue weighted by molar-refractivity contribution is 8.00. The van der Waals surface area contributed by atoms with E-state index in [-0.39, 0.29) is 23.0 Å². The van der Waals surface area contributed by atoms with Crippen LogP contribution in [0.25, 0.3) is 0 Å². The largest absolute Gasteiger partial charge is 0.303 e. The van der Waals surface area contributed by atoms with Crippen LogP contribution in [-0.4, -0.2) is 23.0 Å². The Bertz CT molecular complexity index is 677. The molecule has 0 saturated carbocycles. The van der Waals surface area contributed by atoms with Gasteiger partial charge in [0.25, 0.3) is 0 Å². The Morgan fingerprint density at radius 3 is 2.68 bits per heavy atom. The normalized spacial score (nSPS) is 22.6. The summed E-state index contributed by atoms with van der Waals surface area (Å²) in [4.78, 5) is 27.5. The van der Waals surface area contributed by atoms with E-state index in [0.717, 1.165) is 16.2 Å². The number of Topliss-reactive ketones (excluding diaryl/α,β-unsaturated/α-hetero) is 1. The Balaban J connectivity index is 2.06. The van der Waals surface area contributed by atoms with Crippen molar-refractivity contribution in [3.8, 4) is 0 Å². The van der Waals surface area contributed by atoms with E-state index in [1.54, 1.807) is 11.8 Å². The third kappa shape index (κ3) is 2.52. The van der Waals surface area contributed by atoms with Crippen LogP contribution < -0.4 is 4.90 Å². The van der Waals surface area contributed by atoms with Crippen molar-refractivity contribution in [2.24, 2.45) is 0 Å². The Morgan fingerprint density at radius 2 is 1.95 bits per heavy atom. The van der Waals surface area contributed by atoms with Gasteiger partial charge < -0.3 is 4.90 Å². The zero-order chi connectivity index (χ0) is 15.7. The molecule has 2 aliphatic rings. The van der Waals surface area contributed by atoms with Crippen LogP contribution in [0.2, 0.25) is 0 Å². The summed E-state index contributed by atoms with van der Waals surface area (Å²) in [6.45, 7) is 3.74. The van der Waals surface area contributed by atoms with Crippen LogP contribution in [0.5, 0.6) is 0 Å². The van der Waals surface area contributed by atoms with Crippen LogP contribution >= 0.6 is 11.8 Å². The molecule has 0 N–H and O–H groups in total. The van der Waals surface area contributed by atoms with Gasteiger partial charge in [0, 0.05) is 23.3 Å². The van der Waals surface area contributed by atoms with Crippen molar-refractivity contribution >= 4 is 29.1 Å². The maximum absolute atomic E-state index is 12.5. The van der Waals surface area contributed by atoms with Crippen LogP contribution in [0.15, 0.2) is 53.0 Å². The van der Waals surface area contributed by atoms with Crippen LogP contribution in [-0.2, 0) is 9.59 Å². The smallest absolute Gasteiger partial charge is 0.227 e. The van der Waals surface area contributed by atoms with Gasteiger partial charge in [-0.3, -0.25) is 9.59 Å². The van der Waals surface area contributed by atoms with Gasteiger partial charge in [-0.25, -0.2) is 0 Å². The molecule has 1 amide bonds. The number of amides is 1. The van der Waals surface area contributed by atoms with Gasteiger partial charge in [-0.2, -0.15) is 0 Å². The topological polar surface area (TPSA) is 37.4 Å². The highest BCUT2D eigenvalue weighted by Gasteiger charge is 2.37. The second kappa shape index (κ2) is 6.13. The number of benzene rings is 1. The number of allylic oxidation sites excluding steroid dienone is 2. The molecule has 2 unspecified atom stereocenters. The predicted octanol–water partition coefficient (Wildman–Crippen LogP) is 3.75. The number of carbonyl (C=O) groups is 2. The summed E-state index contributed by atoms with van der Waals surface area (Å²) >= 11 is 1.76. The maximum Gasteiger partial charge on any atom is 0.227 e. The summed E-state index contributed by atoms with van der Waals surface area (Å²) < 4.78 is 0. The maximum atomic E-state index is 12.5. The molecule has 0 bridgehead atoms. The van der Waals surface area contributed by atoms with E-state index in [1.165, 1.54) is 0 Å². The van der Waals surface area contributed by atoms with Crippen molar-refractivity contribution in [3.05, 3.63) is 48.1 Å². The monoisotopic (exact) mass is 313 g/mol. The minimum Gasteiger partial charge on any atom is -0.303 e. The number of nitrogens with zero attached hydrogens (tertiary/aromatic N) is 1. The van der Waals surface area contributed by atoms with Crippen LogP contribution in [0.4, 0.5) is 5.69 Å². The first-order valence-electron chi connectivity index (χ1n) is 7.66. The molecule has 1 heterocycles. The molecule has 1 aliphatic carbocycles. The lowest BCUT2D eigenvalue weighted by Gasteiger charge is -2.41. The molecule has 2 atom stereocenters. The molecule has 0 aromatic heterocycles. The Hall–Kier alpha value is -1.81. The van der Waals surface area contributed by atoms with Gasteiger partial charge in [0.2, 0.25) is 5.91 Å². The van der Waals surface area contributed by atoms with Gasteiger partial charge in [-0.1, -0.05) is 38.1 Å². The summed E-state index contributed by atoms with van der Waals surface area (Å²) in [6.07, 6.45) is 6.87. The first kappa shape index (κ1) is 15.1. The van der Waals surface area contributed by atoms with Crippen LogP contribution in [0, 0.1) is 0 Å². The fourth-order valence-electron chi connectivity index (χ4n) is 2.90. The number of ketones is 1. The van der Waals surface area contributed by atoms with Crippen molar-refractivity contribution in [1.82, 2.24) is 0 Å². The second-order valence-electron chi connectivity index (χ2n) is 5.42. The highest BCUT2D eigenvalue weighted by atomic mass is 32.2. The number of para-hydroxylation sites is 1. The molecule has 0 saturated heterocycles. The fourth-order valence-corrected chi connectivity index (χ4v) is 4.14. The molecule has 114 valence electrons. The molecule has 4 heteroatoms. The zero-order valence-corrected chi connectivity index (χ0v) is 13.6. The second-order valence-corrected chi connectivity index (χ2v) is 6.64. The van der Waals surface area contributed by atoms with Crippen LogP contribution in [0.1, 0.15) is 26.7 Å². The lowest BCUT2D eigenvalue weighted by molar-refractivity contribution is -0.119. The molecule has 3 nitrogen and oxygen atoms in total. The van der Waals surface area contributed by atoms with E-state index in [1.807, 2.05) is 49.1 Å². The van der Waals surface area contributed by atoms with Gasteiger partial charge in [0.1, 0.15) is 0 Å². The van der Waals surface area contributed by atoms with E-state index in [0.29, 0.717) is 12.8 Å². The molecule has 1 aromatic rings. The minimum absolute atomic E-state index is 0.0807. The molecular weight excluding hydrogens is 294 g/mol. The van der Waals surface area contributed by atoms with Crippen molar-refractivity contribution < 1.29 is 9.59 Å². The Morgan fingerprint density at radius 1 is 1.18 bits per heavy atom. The van der Waals surface area contributed by atoms with Gasteiger partial charge in [0.05, 0.1) is 17.0 Å².